The Kier molecular flexibility index (Phi) is 5.09. The van der Waals surface area contributed by atoms with Crippen LogP contribution in [0, 0.1) is 5.82 Å². The lowest BCUT2D eigenvalue weighted by Gasteiger charge is -2.14. The van der Waals surface area contributed by atoms with Crippen molar-refractivity contribution < 1.29 is 9.13 Å². The van der Waals surface area contributed by atoms with Crippen LogP contribution in [-0.2, 0) is 0 Å². The molecule has 20 heavy (non-hydrogen) atoms. The second-order valence-corrected chi connectivity index (χ2v) is 5.31. The third-order valence-corrected chi connectivity index (χ3v) is 3.48. The number of halogens is 2. The second kappa shape index (κ2) is 6.81. The van der Waals surface area contributed by atoms with Crippen LogP contribution in [0.2, 0.25) is 0 Å². The minimum atomic E-state index is -0.371. The molecule has 0 aliphatic carbocycles. The maximum Gasteiger partial charge on any atom is 0.137 e. The van der Waals surface area contributed by atoms with Crippen molar-refractivity contribution in [1.82, 2.24) is 4.98 Å². The standard InChI is InChI=1S/C15H16BrFN2O/c1-2-5-20-12-6-11(8-19-9-12)15(18)10-3-4-14(17)13(16)7-10/h3-4,6-9,15H,2,5,18H2,1H3. The first-order valence-electron chi connectivity index (χ1n) is 6.40. The highest BCUT2D eigenvalue weighted by Gasteiger charge is 2.12. The number of nitrogens with two attached hydrogens (primary N) is 1. The third-order valence-electron chi connectivity index (χ3n) is 2.87. The Hall–Kier alpha value is -1.46. The van der Waals surface area contributed by atoms with Crippen LogP contribution in [0.5, 0.6) is 5.75 Å². The van der Waals surface area contributed by atoms with Crippen molar-refractivity contribution >= 4 is 15.9 Å². The topological polar surface area (TPSA) is 48.1 Å². The van der Waals surface area contributed by atoms with Gasteiger partial charge in [-0.25, -0.2) is 4.39 Å². The van der Waals surface area contributed by atoms with Crippen LogP contribution in [0.15, 0.2) is 41.1 Å². The first-order chi connectivity index (χ1) is 9.61. The van der Waals surface area contributed by atoms with Crippen molar-refractivity contribution in [3.05, 3.63) is 58.1 Å². The lowest BCUT2D eigenvalue weighted by Crippen LogP contribution is -2.12. The molecule has 0 bridgehead atoms. The summed E-state index contributed by atoms with van der Waals surface area (Å²) in [5, 5.41) is 0. The summed E-state index contributed by atoms with van der Waals surface area (Å²) in [6.07, 6.45) is 4.29. The predicted molar refractivity (Wildman–Crippen MR) is 80.2 cm³/mol. The van der Waals surface area contributed by atoms with Gasteiger partial charge in [-0.05, 0) is 51.7 Å². The highest BCUT2D eigenvalue weighted by atomic mass is 79.9. The molecule has 0 radical (unpaired) electrons. The van der Waals surface area contributed by atoms with E-state index in [1.807, 2.05) is 13.0 Å². The van der Waals surface area contributed by atoms with Crippen molar-refractivity contribution in [2.75, 3.05) is 6.61 Å². The van der Waals surface area contributed by atoms with Gasteiger partial charge in [-0.3, -0.25) is 4.98 Å². The number of pyridine rings is 1. The molecule has 0 saturated carbocycles. The van der Waals surface area contributed by atoms with Gasteiger partial charge in [0.2, 0.25) is 0 Å². The van der Waals surface area contributed by atoms with Crippen molar-refractivity contribution in [3.63, 3.8) is 0 Å². The van der Waals surface area contributed by atoms with E-state index < -0.39 is 0 Å². The maximum absolute atomic E-state index is 13.2. The van der Waals surface area contributed by atoms with E-state index in [9.17, 15) is 4.39 Å². The van der Waals surface area contributed by atoms with Gasteiger partial charge in [0, 0.05) is 6.20 Å². The Labute approximate surface area is 126 Å². The van der Waals surface area contributed by atoms with E-state index in [1.165, 1.54) is 6.07 Å². The van der Waals surface area contributed by atoms with E-state index in [-0.39, 0.29) is 11.9 Å². The lowest BCUT2D eigenvalue weighted by atomic mass is 10.0. The van der Waals surface area contributed by atoms with Crippen LogP contribution in [-0.4, -0.2) is 11.6 Å². The summed E-state index contributed by atoms with van der Waals surface area (Å²) in [7, 11) is 0. The Morgan fingerprint density at radius 3 is 2.80 bits per heavy atom. The lowest BCUT2D eigenvalue weighted by molar-refractivity contribution is 0.315. The monoisotopic (exact) mass is 338 g/mol. The van der Waals surface area contributed by atoms with Gasteiger partial charge in [0.05, 0.1) is 23.3 Å². The number of benzene rings is 1. The van der Waals surface area contributed by atoms with Gasteiger partial charge in [0.15, 0.2) is 0 Å². The van der Waals surface area contributed by atoms with E-state index in [1.54, 1.807) is 24.5 Å². The number of nitrogens with zero attached hydrogens (tertiary/aromatic N) is 1. The number of hydrogen-bond acceptors (Lipinski definition) is 3. The smallest absolute Gasteiger partial charge is 0.137 e. The minimum absolute atomic E-state index is 0.306. The van der Waals surface area contributed by atoms with Crippen LogP contribution in [0.4, 0.5) is 4.39 Å². The van der Waals surface area contributed by atoms with Crippen LogP contribution < -0.4 is 10.5 Å². The third kappa shape index (κ3) is 3.55. The van der Waals surface area contributed by atoms with Crippen molar-refractivity contribution in [1.29, 1.82) is 0 Å². The Bertz CT molecular complexity index is 592. The van der Waals surface area contributed by atoms with Crippen LogP contribution >= 0.6 is 15.9 Å². The molecule has 0 saturated heterocycles. The quantitative estimate of drug-likeness (QED) is 0.901. The summed E-state index contributed by atoms with van der Waals surface area (Å²) in [6, 6.07) is 6.24. The molecule has 2 aromatic rings. The average Bonchev–Trinajstić information content (AvgIpc) is 2.47. The molecule has 0 aliphatic heterocycles. The van der Waals surface area contributed by atoms with E-state index >= 15 is 0 Å². The van der Waals surface area contributed by atoms with Crippen LogP contribution in [0.3, 0.4) is 0 Å². The molecule has 0 amide bonds. The summed E-state index contributed by atoms with van der Waals surface area (Å²) < 4.78 is 19.2. The molecule has 0 spiro atoms. The molecule has 2 rings (SSSR count). The zero-order valence-corrected chi connectivity index (χ0v) is 12.7. The minimum Gasteiger partial charge on any atom is -0.492 e. The van der Waals surface area contributed by atoms with Gasteiger partial charge in [0.1, 0.15) is 11.6 Å². The van der Waals surface area contributed by atoms with Gasteiger partial charge in [-0.15, -0.1) is 0 Å². The highest BCUT2D eigenvalue weighted by molar-refractivity contribution is 9.10. The number of hydrogen-bond donors (Lipinski definition) is 1. The van der Waals surface area contributed by atoms with Gasteiger partial charge >= 0.3 is 0 Å². The van der Waals surface area contributed by atoms with Crippen LogP contribution in [0.1, 0.15) is 30.5 Å². The number of aromatic nitrogens is 1. The predicted octanol–water partition coefficient (Wildman–Crippen LogP) is 3.82. The van der Waals surface area contributed by atoms with E-state index in [0.717, 1.165) is 17.5 Å². The summed E-state index contributed by atoms with van der Waals surface area (Å²) in [5.41, 5.74) is 7.84. The van der Waals surface area contributed by atoms with Gasteiger partial charge in [-0.2, -0.15) is 0 Å². The molecular formula is C15H16BrFN2O. The first-order valence-corrected chi connectivity index (χ1v) is 7.19. The van der Waals surface area contributed by atoms with Gasteiger partial charge in [-0.1, -0.05) is 13.0 Å². The Morgan fingerprint density at radius 1 is 1.30 bits per heavy atom. The largest absolute Gasteiger partial charge is 0.492 e. The van der Waals surface area contributed by atoms with E-state index in [4.69, 9.17) is 10.5 Å². The maximum atomic E-state index is 13.2. The van der Waals surface area contributed by atoms with Crippen molar-refractivity contribution in [2.45, 2.75) is 19.4 Å². The number of rotatable bonds is 5. The summed E-state index contributed by atoms with van der Waals surface area (Å²) in [6.45, 7) is 2.68. The molecule has 0 aliphatic rings. The molecule has 0 fully saturated rings. The molecule has 1 atom stereocenters. The summed E-state index contributed by atoms with van der Waals surface area (Å²) >= 11 is 3.16. The Morgan fingerprint density at radius 2 is 2.10 bits per heavy atom. The van der Waals surface area contributed by atoms with Crippen LogP contribution in [0.25, 0.3) is 0 Å². The molecule has 1 unspecified atom stereocenters. The Balaban J connectivity index is 2.23. The SMILES string of the molecule is CCCOc1cncc(C(N)c2ccc(F)c(Br)c2)c1. The van der Waals surface area contributed by atoms with E-state index in [2.05, 4.69) is 20.9 Å². The fourth-order valence-corrected chi connectivity index (χ4v) is 2.20. The summed E-state index contributed by atoms with van der Waals surface area (Å²) in [5.74, 6) is 0.389. The highest BCUT2D eigenvalue weighted by Crippen LogP contribution is 2.25. The summed E-state index contributed by atoms with van der Waals surface area (Å²) in [4.78, 5) is 4.13. The van der Waals surface area contributed by atoms with Crippen molar-refractivity contribution in [3.8, 4) is 5.75 Å². The fourth-order valence-electron chi connectivity index (χ4n) is 1.80. The zero-order chi connectivity index (χ0) is 14.5. The van der Waals surface area contributed by atoms with Gasteiger partial charge in [0.25, 0.3) is 0 Å². The molecule has 106 valence electrons. The second-order valence-electron chi connectivity index (χ2n) is 4.45. The van der Waals surface area contributed by atoms with E-state index in [0.29, 0.717) is 16.8 Å². The fraction of sp³-hybridized carbons (Fsp3) is 0.267. The zero-order valence-electron chi connectivity index (χ0n) is 11.1. The van der Waals surface area contributed by atoms with Gasteiger partial charge < -0.3 is 10.5 Å². The molecule has 1 aromatic heterocycles. The molecule has 5 heteroatoms. The molecule has 1 heterocycles. The van der Waals surface area contributed by atoms with Crippen molar-refractivity contribution in [2.24, 2.45) is 5.73 Å². The molecule has 1 aromatic carbocycles. The molecule has 3 nitrogen and oxygen atoms in total. The molecular weight excluding hydrogens is 323 g/mol. The average molecular weight is 339 g/mol. The molecule has 2 N–H and O–H groups in total. The normalized spacial score (nSPS) is 12.2. The number of ether oxygens (including phenoxy) is 1. The first kappa shape index (κ1) is 14.9.